The maximum atomic E-state index is 12.0. The van der Waals surface area contributed by atoms with E-state index in [4.69, 9.17) is 0 Å². The summed E-state index contributed by atoms with van der Waals surface area (Å²) in [5.41, 5.74) is 2.91. The zero-order valence-corrected chi connectivity index (χ0v) is 12.2. The van der Waals surface area contributed by atoms with Crippen molar-refractivity contribution in [2.45, 2.75) is 27.3 Å². The number of hydrogen-bond donors (Lipinski definition) is 2. The first kappa shape index (κ1) is 14.7. The first-order valence-corrected chi connectivity index (χ1v) is 6.49. The van der Waals surface area contributed by atoms with Gasteiger partial charge in [0.05, 0.1) is 6.20 Å². The Morgan fingerprint density at radius 3 is 2.71 bits per heavy atom. The van der Waals surface area contributed by atoms with Gasteiger partial charge in [-0.2, -0.15) is 9.90 Å². The molecule has 2 rings (SSSR count). The Bertz CT molecular complexity index is 678. The summed E-state index contributed by atoms with van der Waals surface area (Å²) in [5, 5.41) is 13.2. The van der Waals surface area contributed by atoms with Gasteiger partial charge in [-0.25, -0.2) is 0 Å². The molecule has 0 radical (unpaired) electrons. The van der Waals surface area contributed by atoms with Crippen molar-refractivity contribution in [3.8, 4) is 0 Å². The second-order valence-corrected chi connectivity index (χ2v) is 4.74. The highest BCUT2D eigenvalue weighted by atomic mass is 16.2. The van der Waals surface area contributed by atoms with Crippen LogP contribution in [0.4, 0.5) is 11.5 Å². The molecule has 7 heteroatoms. The molecule has 1 heterocycles. The number of nitrogens with zero attached hydrogens (tertiary/aromatic N) is 3. The van der Waals surface area contributed by atoms with Gasteiger partial charge in [-0.15, -0.1) is 5.10 Å². The van der Waals surface area contributed by atoms with Gasteiger partial charge in [0.25, 0.3) is 0 Å². The Morgan fingerprint density at radius 2 is 2.00 bits per heavy atom. The predicted octanol–water partition coefficient (Wildman–Crippen LogP) is 1.49. The lowest BCUT2D eigenvalue weighted by Gasteiger charge is -2.09. The Hall–Kier alpha value is -2.70. The lowest BCUT2D eigenvalue weighted by molar-refractivity contribution is -0.117. The highest BCUT2D eigenvalue weighted by Crippen LogP contribution is 2.17. The number of aryl methyl sites for hydroxylation is 1. The number of anilines is 2. The molecule has 2 amide bonds. The van der Waals surface area contributed by atoms with Crippen LogP contribution in [0.1, 0.15) is 18.1 Å². The van der Waals surface area contributed by atoms with Crippen LogP contribution in [-0.4, -0.2) is 26.8 Å². The van der Waals surface area contributed by atoms with E-state index in [2.05, 4.69) is 20.8 Å². The van der Waals surface area contributed by atoms with E-state index in [1.165, 1.54) is 17.9 Å². The van der Waals surface area contributed by atoms with Gasteiger partial charge < -0.3 is 10.6 Å². The zero-order chi connectivity index (χ0) is 15.4. The molecule has 0 spiro atoms. The van der Waals surface area contributed by atoms with Crippen molar-refractivity contribution in [1.82, 2.24) is 15.0 Å². The average Bonchev–Trinajstić information content (AvgIpc) is 2.81. The average molecular weight is 287 g/mol. The van der Waals surface area contributed by atoms with E-state index in [0.717, 1.165) is 16.8 Å². The SMILES string of the molecule is CC(=O)Nc1cnn(CC(=O)Nc2cccc(C)c2C)n1. The quantitative estimate of drug-likeness (QED) is 0.891. The van der Waals surface area contributed by atoms with Gasteiger partial charge in [-0.05, 0) is 31.0 Å². The number of nitrogens with one attached hydrogen (secondary N) is 2. The van der Waals surface area contributed by atoms with Crippen molar-refractivity contribution in [3.63, 3.8) is 0 Å². The molecule has 0 bridgehead atoms. The first-order valence-electron chi connectivity index (χ1n) is 6.49. The molecule has 21 heavy (non-hydrogen) atoms. The van der Waals surface area contributed by atoms with E-state index in [1.54, 1.807) is 0 Å². The van der Waals surface area contributed by atoms with E-state index in [-0.39, 0.29) is 18.4 Å². The van der Waals surface area contributed by atoms with Gasteiger partial charge >= 0.3 is 0 Å². The van der Waals surface area contributed by atoms with Crippen LogP contribution in [0.5, 0.6) is 0 Å². The monoisotopic (exact) mass is 287 g/mol. The van der Waals surface area contributed by atoms with Crippen LogP contribution in [0.3, 0.4) is 0 Å². The number of aromatic nitrogens is 3. The maximum absolute atomic E-state index is 12.0. The van der Waals surface area contributed by atoms with Crippen molar-refractivity contribution in [3.05, 3.63) is 35.5 Å². The van der Waals surface area contributed by atoms with Crippen molar-refractivity contribution >= 4 is 23.3 Å². The van der Waals surface area contributed by atoms with Crippen LogP contribution in [0.2, 0.25) is 0 Å². The topological polar surface area (TPSA) is 88.9 Å². The number of carbonyl (C=O) groups excluding carboxylic acids is 2. The highest BCUT2D eigenvalue weighted by molar-refractivity contribution is 5.91. The fourth-order valence-corrected chi connectivity index (χ4v) is 1.82. The number of carbonyl (C=O) groups is 2. The van der Waals surface area contributed by atoms with Crippen molar-refractivity contribution < 1.29 is 9.59 Å². The Kier molecular flexibility index (Phi) is 4.32. The summed E-state index contributed by atoms with van der Waals surface area (Å²) in [6.07, 6.45) is 1.40. The van der Waals surface area contributed by atoms with Gasteiger partial charge in [0.2, 0.25) is 11.8 Å². The number of benzene rings is 1. The Labute approximate surface area is 122 Å². The molecule has 2 N–H and O–H groups in total. The number of rotatable bonds is 4. The smallest absolute Gasteiger partial charge is 0.247 e. The molecule has 0 unspecified atom stereocenters. The molecule has 1 aromatic heterocycles. The molecule has 0 aliphatic rings. The molecule has 2 aromatic rings. The molecule has 7 nitrogen and oxygen atoms in total. The highest BCUT2D eigenvalue weighted by Gasteiger charge is 2.09. The van der Waals surface area contributed by atoms with Crippen LogP contribution in [0.25, 0.3) is 0 Å². The standard InChI is InChI=1S/C14H17N5O2/c1-9-5-4-6-12(10(9)2)17-14(21)8-19-15-7-13(18-19)16-11(3)20/h4-7H,8H2,1-3H3,(H,17,21)(H,16,18,20). The molecule has 0 atom stereocenters. The molecule has 0 fully saturated rings. The fourth-order valence-electron chi connectivity index (χ4n) is 1.82. The summed E-state index contributed by atoms with van der Waals surface area (Å²) in [6, 6.07) is 5.72. The van der Waals surface area contributed by atoms with E-state index in [1.807, 2.05) is 32.0 Å². The maximum Gasteiger partial charge on any atom is 0.247 e. The summed E-state index contributed by atoms with van der Waals surface area (Å²) in [5.74, 6) is -0.141. The molecule has 1 aromatic carbocycles. The van der Waals surface area contributed by atoms with Crippen LogP contribution >= 0.6 is 0 Å². The van der Waals surface area contributed by atoms with Gasteiger partial charge in [0.15, 0.2) is 5.82 Å². The van der Waals surface area contributed by atoms with Gasteiger partial charge in [0, 0.05) is 12.6 Å². The van der Waals surface area contributed by atoms with Crippen LogP contribution in [0, 0.1) is 13.8 Å². The lowest BCUT2D eigenvalue weighted by Crippen LogP contribution is -2.21. The van der Waals surface area contributed by atoms with Crippen molar-refractivity contribution in [2.24, 2.45) is 0 Å². The third kappa shape index (κ3) is 3.88. The normalized spacial score (nSPS) is 10.2. The van der Waals surface area contributed by atoms with Gasteiger partial charge in [-0.3, -0.25) is 9.59 Å². The van der Waals surface area contributed by atoms with Crippen LogP contribution in [-0.2, 0) is 16.1 Å². The minimum atomic E-state index is -0.234. The molecular weight excluding hydrogens is 270 g/mol. The molecular formula is C14H17N5O2. The predicted molar refractivity (Wildman–Crippen MR) is 78.9 cm³/mol. The van der Waals surface area contributed by atoms with E-state index in [0.29, 0.717) is 5.82 Å². The zero-order valence-electron chi connectivity index (χ0n) is 12.2. The minimum Gasteiger partial charge on any atom is -0.324 e. The summed E-state index contributed by atoms with van der Waals surface area (Å²) >= 11 is 0. The van der Waals surface area contributed by atoms with E-state index < -0.39 is 0 Å². The summed E-state index contributed by atoms with van der Waals surface area (Å²) in [7, 11) is 0. The second-order valence-electron chi connectivity index (χ2n) is 4.74. The molecule has 0 saturated heterocycles. The number of hydrogen-bond acceptors (Lipinski definition) is 4. The largest absolute Gasteiger partial charge is 0.324 e. The molecule has 0 aliphatic carbocycles. The third-order valence-electron chi connectivity index (χ3n) is 3.00. The van der Waals surface area contributed by atoms with Crippen LogP contribution < -0.4 is 10.6 Å². The molecule has 0 saturated carbocycles. The second kappa shape index (κ2) is 6.17. The van der Waals surface area contributed by atoms with Crippen molar-refractivity contribution in [1.29, 1.82) is 0 Å². The third-order valence-corrected chi connectivity index (χ3v) is 3.00. The lowest BCUT2D eigenvalue weighted by atomic mass is 10.1. The molecule has 110 valence electrons. The minimum absolute atomic E-state index is 0.0209. The first-order chi connectivity index (χ1) is 9.95. The van der Waals surface area contributed by atoms with Gasteiger partial charge in [-0.1, -0.05) is 12.1 Å². The van der Waals surface area contributed by atoms with Crippen molar-refractivity contribution in [2.75, 3.05) is 10.6 Å². The van der Waals surface area contributed by atoms with E-state index >= 15 is 0 Å². The summed E-state index contributed by atoms with van der Waals surface area (Å²) in [6.45, 7) is 5.30. The molecule has 0 aliphatic heterocycles. The Balaban J connectivity index is 2.00. The summed E-state index contributed by atoms with van der Waals surface area (Å²) < 4.78 is 0. The fraction of sp³-hybridized carbons (Fsp3) is 0.286. The van der Waals surface area contributed by atoms with Crippen LogP contribution in [0.15, 0.2) is 24.4 Å². The number of amides is 2. The van der Waals surface area contributed by atoms with Gasteiger partial charge in [0.1, 0.15) is 6.54 Å². The van der Waals surface area contributed by atoms with E-state index in [9.17, 15) is 9.59 Å². The summed E-state index contributed by atoms with van der Waals surface area (Å²) in [4.78, 5) is 24.1. The Morgan fingerprint density at radius 1 is 1.24 bits per heavy atom.